The van der Waals surface area contributed by atoms with Crippen molar-refractivity contribution >= 4 is 11.9 Å². The molecule has 0 spiro atoms. The lowest BCUT2D eigenvalue weighted by Crippen LogP contribution is -2.43. The summed E-state index contributed by atoms with van der Waals surface area (Å²) in [6, 6.07) is 5.16. The fourth-order valence-electron chi connectivity index (χ4n) is 2.19. The van der Waals surface area contributed by atoms with Crippen molar-refractivity contribution in [1.29, 1.82) is 0 Å². The average Bonchev–Trinajstić information content (AvgIpc) is 2.63. The van der Waals surface area contributed by atoms with Crippen molar-refractivity contribution < 1.29 is 14.0 Å². The topological polar surface area (TPSA) is 58.2 Å². The molecule has 1 aromatic carbocycles. The Morgan fingerprint density at radius 3 is 2.39 bits per heavy atom. The molecule has 0 aromatic heterocycles. The molecule has 2 rings (SSSR count). The lowest BCUT2D eigenvalue weighted by Gasteiger charge is -2.26. The fraction of sp³-hybridized carbons (Fsp3) is 0.385. The number of urea groups is 1. The van der Waals surface area contributed by atoms with Crippen LogP contribution in [-0.2, 0) is 10.3 Å². The first-order chi connectivity index (χ1) is 8.58. The Balaban J connectivity index is 2.39. The number of nitrogens with one attached hydrogen (secondary N) is 2. The van der Waals surface area contributed by atoms with Crippen molar-refractivity contribution in [3.05, 3.63) is 35.6 Å². The molecular formula is C13H15FN2O2. The lowest BCUT2D eigenvalue weighted by atomic mass is 9.85. The van der Waals surface area contributed by atoms with E-state index in [9.17, 15) is 14.0 Å². The Bertz CT molecular complexity index is 472. The van der Waals surface area contributed by atoms with Gasteiger partial charge < -0.3 is 5.32 Å². The minimum atomic E-state index is -1.05. The molecule has 1 heterocycles. The zero-order valence-corrected chi connectivity index (χ0v) is 10.1. The van der Waals surface area contributed by atoms with Gasteiger partial charge in [0.25, 0.3) is 5.91 Å². The predicted molar refractivity (Wildman–Crippen MR) is 64.3 cm³/mol. The fourth-order valence-corrected chi connectivity index (χ4v) is 2.19. The van der Waals surface area contributed by atoms with Crippen molar-refractivity contribution in [2.75, 3.05) is 0 Å². The van der Waals surface area contributed by atoms with Gasteiger partial charge in [-0.3, -0.25) is 10.1 Å². The van der Waals surface area contributed by atoms with Crippen molar-refractivity contribution in [1.82, 2.24) is 10.6 Å². The molecule has 1 aliphatic rings. The molecule has 1 aliphatic heterocycles. The number of carbonyl (C=O) groups excluding carboxylic acids is 2. The molecule has 1 aromatic rings. The highest BCUT2D eigenvalue weighted by atomic mass is 19.1. The van der Waals surface area contributed by atoms with Crippen molar-refractivity contribution in [3.8, 4) is 0 Å². The monoisotopic (exact) mass is 250 g/mol. The van der Waals surface area contributed by atoms with E-state index in [1.54, 1.807) is 0 Å². The summed E-state index contributed by atoms with van der Waals surface area (Å²) < 4.78 is 12.9. The Morgan fingerprint density at radius 2 is 1.89 bits per heavy atom. The van der Waals surface area contributed by atoms with Gasteiger partial charge in [0.15, 0.2) is 0 Å². The maximum Gasteiger partial charge on any atom is 0.322 e. The van der Waals surface area contributed by atoms with Crippen LogP contribution < -0.4 is 10.6 Å². The van der Waals surface area contributed by atoms with Crippen LogP contribution in [0, 0.1) is 5.82 Å². The van der Waals surface area contributed by atoms with Crippen LogP contribution in [0.4, 0.5) is 9.18 Å². The van der Waals surface area contributed by atoms with E-state index in [4.69, 9.17) is 0 Å². The second-order valence-electron chi connectivity index (χ2n) is 4.42. The average molecular weight is 250 g/mol. The Labute approximate surface area is 105 Å². The van der Waals surface area contributed by atoms with Gasteiger partial charge in [0.1, 0.15) is 11.4 Å². The van der Waals surface area contributed by atoms with Crippen LogP contribution in [0.25, 0.3) is 0 Å². The maximum absolute atomic E-state index is 12.9. The van der Waals surface area contributed by atoms with E-state index in [-0.39, 0.29) is 11.7 Å². The number of halogens is 1. The summed E-state index contributed by atoms with van der Waals surface area (Å²) in [5, 5.41) is 4.91. The van der Waals surface area contributed by atoms with Crippen LogP contribution in [0.5, 0.6) is 0 Å². The van der Waals surface area contributed by atoms with Gasteiger partial charge in [-0.1, -0.05) is 31.9 Å². The second-order valence-corrected chi connectivity index (χ2v) is 4.42. The molecule has 0 aliphatic carbocycles. The van der Waals surface area contributed by atoms with Gasteiger partial charge in [-0.15, -0.1) is 0 Å². The van der Waals surface area contributed by atoms with Crippen LogP contribution in [0.2, 0.25) is 0 Å². The Hall–Kier alpha value is -1.91. The maximum atomic E-state index is 12.9. The van der Waals surface area contributed by atoms with E-state index in [2.05, 4.69) is 10.6 Å². The second kappa shape index (κ2) is 4.76. The standard InChI is InChI=1S/C13H15FN2O2/c1-2-3-8-13(11(17)15-12(18)16-13)9-4-6-10(14)7-5-9/h4-7H,2-3,8H2,1H3,(H2,15,16,17,18)/t13-/m1/s1. The third-order valence-electron chi connectivity index (χ3n) is 3.18. The summed E-state index contributed by atoms with van der Waals surface area (Å²) in [6.45, 7) is 2.01. The van der Waals surface area contributed by atoms with Crippen LogP contribution in [-0.4, -0.2) is 11.9 Å². The van der Waals surface area contributed by atoms with Gasteiger partial charge in [-0.05, 0) is 24.1 Å². The number of hydrogen-bond donors (Lipinski definition) is 2. The van der Waals surface area contributed by atoms with Gasteiger partial charge in [0, 0.05) is 0 Å². The van der Waals surface area contributed by atoms with Crippen LogP contribution in [0.1, 0.15) is 31.7 Å². The third kappa shape index (κ3) is 2.08. The van der Waals surface area contributed by atoms with Crippen molar-refractivity contribution in [3.63, 3.8) is 0 Å². The predicted octanol–water partition coefficient (Wildman–Crippen LogP) is 2.05. The number of unbranched alkanes of at least 4 members (excludes halogenated alkanes) is 1. The largest absolute Gasteiger partial charge is 0.322 e. The highest BCUT2D eigenvalue weighted by molar-refractivity contribution is 6.07. The van der Waals surface area contributed by atoms with Crippen LogP contribution in [0.15, 0.2) is 24.3 Å². The summed E-state index contributed by atoms with van der Waals surface area (Å²) in [4.78, 5) is 23.4. The molecule has 3 amide bonds. The number of rotatable bonds is 4. The van der Waals surface area contributed by atoms with Crippen molar-refractivity contribution in [2.45, 2.75) is 31.7 Å². The van der Waals surface area contributed by atoms with Gasteiger partial charge in [-0.25, -0.2) is 9.18 Å². The highest BCUT2D eigenvalue weighted by Gasteiger charge is 2.46. The summed E-state index contributed by atoms with van der Waals surface area (Å²) in [6.07, 6.45) is 2.21. The zero-order chi connectivity index (χ0) is 13.2. The summed E-state index contributed by atoms with van der Waals surface area (Å²) >= 11 is 0. The summed E-state index contributed by atoms with van der Waals surface area (Å²) in [7, 11) is 0. The van der Waals surface area contributed by atoms with E-state index in [0.29, 0.717) is 12.0 Å². The number of benzene rings is 1. The van der Waals surface area contributed by atoms with Gasteiger partial charge in [0.05, 0.1) is 0 Å². The molecule has 18 heavy (non-hydrogen) atoms. The van der Waals surface area contributed by atoms with Crippen LogP contribution in [0.3, 0.4) is 0 Å². The molecular weight excluding hydrogens is 235 g/mol. The molecule has 1 atom stereocenters. The van der Waals surface area contributed by atoms with Crippen molar-refractivity contribution in [2.24, 2.45) is 0 Å². The van der Waals surface area contributed by atoms with E-state index in [0.717, 1.165) is 12.8 Å². The number of carbonyl (C=O) groups is 2. The Kier molecular flexibility index (Phi) is 3.32. The first kappa shape index (κ1) is 12.5. The highest BCUT2D eigenvalue weighted by Crippen LogP contribution is 2.30. The Morgan fingerprint density at radius 1 is 1.22 bits per heavy atom. The van der Waals surface area contributed by atoms with Gasteiger partial charge in [-0.2, -0.15) is 0 Å². The molecule has 1 saturated heterocycles. The summed E-state index contributed by atoms with van der Waals surface area (Å²) in [5.74, 6) is -0.735. The molecule has 2 N–H and O–H groups in total. The van der Waals surface area contributed by atoms with Crippen LogP contribution >= 0.6 is 0 Å². The number of imide groups is 1. The van der Waals surface area contributed by atoms with Gasteiger partial charge in [0.2, 0.25) is 0 Å². The first-order valence-electron chi connectivity index (χ1n) is 5.98. The van der Waals surface area contributed by atoms with Gasteiger partial charge >= 0.3 is 6.03 Å². The minimum absolute atomic E-state index is 0.367. The molecule has 0 bridgehead atoms. The minimum Gasteiger partial charge on any atom is -0.319 e. The molecule has 5 heteroatoms. The first-order valence-corrected chi connectivity index (χ1v) is 5.98. The number of hydrogen-bond acceptors (Lipinski definition) is 2. The molecule has 0 saturated carbocycles. The zero-order valence-electron chi connectivity index (χ0n) is 10.1. The van der Waals surface area contributed by atoms with E-state index in [1.165, 1.54) is 24.3 Å². The SMILES string of the molecule is CCCC[C@]1(c2ccc(F)cc2)NC(=O)NC1=O. The summed E-state index contributed by atoms with van der Waals surface area (Å²) in [5.41, 5.74) is -0.443. The molecule has 0 radical (unpaired) electrons. The number of amides is 3. The molecule has 1 fully saturated rings. The van der Waals surface area contributed by atoms with E-state index in [1.807, 2.05) is 6.92 Å². The molecule has 0 unspecified atom stereocenters. The third-order valence-corrected chi connectivity index (χ3v) is 3.18. The molecule has 4 nitrogen and oxygen atoms in total. The quantitative estimate of drug-likeness (QED) is 0.803. The van der Waals surface area contributed by atoms with E-state index >= 15 is 0 Å². The smallest absolute Gasteiger partial charge is 0.319 e. The van der Waals surface area contributed by atoms with E-state index < -0.39 is 11.6 Å². The lowest BCUT2D eigenvalue weighted by molar-refractivity contribution is -0.124. The normalized spacial score (nSPS) is 22.8. The molecule has 96 valence electrons.